The van der Waals surface area contributed by atoms with Crippen molar-refractivity contribution in [2.24, 2.45) is 5.73 Å². The van der Waals surface area contributed by atoms with Crippen molar-refractivity contribution >= 4 is 0 Å². The highest BCUT2D eigenvalue weighted by Gasteiger charge is 2.09. The molecule has 0 spiro atoms. The van der Waals surface area contributed by atoms with Crippen LogP contribution in [0.1, 0.15) is 31.4 Å². The maximum atomic E-state index is 5.82. The average Bonchev–Trinajstić information content (AvgIpc) is 2.27. The highest BCUT2D eigenvalue weighted by molar-refractivity contribution is 5.38. The molecular weight excluding hydrogens is 226 g/mol. The maximum Gasteiger partial charge on any atom is 0.122 e. The topological polar surface area (TPSA) is 44.5 Å². The van der Waals surface area contributed by atoms with Gasteiger partial charge in [0.1, 0.15) is 5.75 Å². The molecule has 0 atom stereocenters. The summed E-state index contributed by atoms with van der Waals surface area (Å²) in [6, 6.07) is 6.12. The second-order valence-electron chi connectivity index (χ2n) is 5.44. The Hall–Kier alpha value is -1.06. The van der Waals surface area contributed by atoms with Crippen LogP contribution in [0, 0.1) is 13.8 Å². The number of hydrogen-bond acceptors (Lipinski definition) is 3. The molecule has 1 aromatic carbocycles. The van der Waals surface area contributed by atoms with Crippen molar-refractivity contribution in [3.05, 3.63) is 29.3 Å². The van der Waals surface area contributed by atoms with Gasteiger partial charge in [-0.3, -0.25) is 0 Å². The van der Waals surface area contributed by atoms with Crippen LogP contribution in [0.5, 0.6) is 5.75 Å². The molecule has 0 amide bonds. The summed E-state index contributed by atoms with van der Waals surface area (Å²) in [5, 5.41) is 0. The Bertz CT molecular complexity index is 369. The van der Waals surface area contributed by atoms with E-state index in [9.17, 15) is 0 Å². The highest BCUT2D eigenvalue weighted by Crippen LogP contribution is 2.20. The van der Waals surface area contributed by atoms with Gasteiger partial charge in [0.05, 0.1) is 13.2 Å². The van der Waals surface area contributed by atoms with Gasteiger partial charge in [-0.15, -0.1) is 0 Å². The lowest BCUT2D eigenvalue weighted by Crippen LogP contribution is -2.37. The van der Waals surface area contributed by atoms with Crippen molar-refractivity contribution in [3.8, 4) is 5.75 Å². The van der Waals surface area contributed by atoms with Gasteiger partial charge in [-0.1, -0.05) is 12.1 Å². The second-order valence-corrected chi connectivity index (χ2v) is 5.44. The fourth-order valence-corrected chi connectivity index (χ4v) is 1.56. The first-order chi connectivity index (χ1) is 8.40. The number of nitrogens with two attached hydrogens (primary N) is 1. The van der Waals surface area contributed by atoms with Crippen molar-refractivity contribution < 1.29 is 9.47 Å². The number of benzene rings is 1. The third kappa shape index (κ3) is 5.52. The molecule has 3 nitrogen and oxygen atoms in total. The third-order valence-electron chi connectivity index (χ3n) is 2.72. The zero-order valence-electron chi connectivity index (χ0n) is 12.0. The molecule has 2 N–H and O–H groups in total. The molecule has 0 fully saturated rings. The molecule has 0 saturated heterocycles. The number of hydrogen-bond donors (Lipinski definition) is 1. The van der Waals surface area contributed by atoms with Crippen LogP contribution in [0.15, 0.2) is 18.2 Å². The van der Waals surface area contributed by atoms with E-state index < -0.39 is 0 Å². The van der Waals surface area contributed by atoms with Gasteiger partial charge in [0, 0.05) is 18.6 Å². The van der Waals surface area contributed by atoms with E-state index in [0.717, 1.165) is 12.2 Å². The van der Waals surface area contributed by atoms with Gasteiger partial charge < -0.3 is 15.2 Å². The minimum absolute atomic E-state index is 0.256. The quantitative estimate of drug-likeness (QED) is 0.758. The normalized spacial score (nSPS) is 11.6. The van der Waals surface area contributed by atoms with Crippen LogP contribution in [-0.2, 0) is 4.74 Å². The summed E-state index contributed by atoms with van der Waals surface area (Å²) in [6.45, 7) is 10.0. The molecule has 0 aliphatic rings. The van der Waals surface area contributed by atoms with Gasteiger partial charge in [-0.25, -0.2) is 0 Å². The van der Waals surface area contributed by atoms with E-state index in [0.29, 0.717) is 19.8 Å². The third-order valence-corrected chi connectivity index (χ3v) is 2.72. The summed E-state index contributed by atoms with van der Waals surface area (Å²) in [5.41, 5.74) is 8.03. The maximum absolute atomic E-state index is 5.82. The average molecular weight is 251 g/mol. The molecule has 0 bridgehead atoms. The molecule has 3 heteroatoms. The molecule has 18 heavy (non-hydrogen) atoms. The van der Waals surface area contributed by atoms with Crippen molar-refractivity contribution in [1.29, 1.82) is 0 Å². The van der Waals surface area contributed by atoms with E-state index in [1.807, 2.05) is 26.0 Å². The zero-order valence-corrected chi connectivity index (χ0v) is 12.0. The Morgan fingerprint density at radius 1 is 1.17 bits per heavy atom. The summed E-state index contributed by atoms with van der Waals surface area (Å²) < 4.78 is 11.2. The van der Waals surface area contributed by atoms with E-state index in [1.165, 1.54) is 11.1 Å². The van der Waals surface area contributed by atoms with E-state index in [-0.39, 0.29) is 5.54 Å². The van der Waals surface area contributed by atoms with Gasteiger partial charge in [-0.2, -0.15) is 0 Å². The lowest BCUT2D eigenvalue weighted by molar-refractivity contribution is 0.0870. The molecule has 1 rings (SSSR count). The summed E-state index contributed by atoms with van der Waals surface area (Å²) >= 11 is 0. The summed E-state index contributed by atoms with van der Waals surface area (Å²) in [7, 11) is 0. The Balaban J connectivity index is 2.20. The van der Waals surface area contributed by atoms with E-state index in [2.05, 4.69) is 19.9 Å². The standard InChI is InChI=1S/C15H25NO2/c1-12-7-5-8-14(13(12)2)18-10-6-9-17-11-15(3,4)16/h5,7-8H,6,9-11,16H2,1-4H3. The minimum atomic E-state index is -0.256. The molecule has 102 valence electrons. The second kappa shape index (κ2) is 6.76. The van der Waals surface area contributed by atoms with Crippen LogP contribution >= 0.6 is 0 Å². The summed E-state index contributed by atoms with van der Waals surface area (Å²) in [4.78, 5) is 0. The largest absolute Gasteiger partial charge is 0.493 e. The molecule has 0 aliphatic carbocycles. The van der Waals surface area contributed by atoms with Crippen LogP contribution in [-0.4, -0.2) is 25.4 Å². The van der Waals surface area contributed by atoms with Crippen molar-refractivity contribution in [3.63, 3.8) is 0 Å². The van der Waals surface area contributed by atoms with E-state index >= 15 is 0 Å². The van der Waals surface area contributed by atoms with Crippen LogP contribution in [0.4, 0.5) is 0 Å². The highest BCUT2D eigenvalue weighted by atomic mass is 16.5. The number of aryl methyl sites for hydroxylation is 1. The first-order valence-electron chi connectivity index (χ1n) is 6.46. The Kier molecular flexibility index (Phi) is 5.63. The molecular formula is C15H25NO2. The smallest absolute Gasteiger partial charge is 0.122 e. The zero-order chi connectivity index (χ0) is 13.6. The minimum Gasteiger partial charge on any atom is -0.493 e. The fraction of sp³-hybridized carbons (Fsp3) is 0.600. The lowest BCUT2D eigenvalue weighted by Gasteiger charge is -2.18. The van der Waals surface area contributed by atoms with Gasteiger partial charge in [-0.05, 0) is 44.9 Å². The van der Waals surface area contributed by atoms with Crippen LogP contribution in [0.25, 0.3) is 0 Å². The Morgan fingerprint density at radius 3 is 2.56 bits per heavy atom. The van der Waals surface area contributed by atoms with Gasteiger partial charge in [0.25, 0.3) is 0 Å². The lowest BCUT2D eigenvalue weighted by atomic mass is 10.1. The first-order valence-corrected chi connectivity index (χ1v) is 6.46. The summed E-state index contributed by atoms with van der Waals surface area (Å²) in [5.74, 6) is 0.967. The first kappa shape index (κ1) is 15.0. The SMILES string of the molecule is Cc1cccc(OCCCOCC(C)(C)N)c1C. The van der Waals surface area contributed by atoms with Gasteiger partial charge in [0.15, 0.2) is 0 Å². The van der Waals surface area contributed by atoms with Gasteiger partial charge in [0.2, 0.25) is 0 Å². The van der Waals surface area contributed by atoms with Gasteiger partial charge >= 0.3 is 0 Å². The van der Waals surface area contributed by atoms with Crippen molar-refractivity contribution in [1.82, 2.24) is 0 Å². The van der Waals surface area contributed by atoms with E-state index in [1.54, 1.807) is 0 Å². The molecule has 0 aromatic heterocycles. The summed E-state index contributed by atoms with van der Waals surface area (Å²) in [6.07, 6.45) is 0.878. The molecule has 0 radical (unpaired) electrons. The monoisotopic (exact) mass is 251 g/mol. The number of rotatable bonds is 7. The van der Waals surface area contributed by atoms with Crippen LogP contribution < -0.4 is 10.5 Å². The van der Waals surface area contributed by atoms with Crippen LogP contribution in [0.3, 0.4) is 0 Å². The molecule has 1 aromatic rings. The predicted molar refractivity (Wildman–Crippen MR) is 75.1 cm³/mol. The fourth-order valence-electron chi connectivity index (χ4n) is 1.56. The molecule has 0 saturated carbocycles. The van der Waals surface area contributed by atoms with E-state index in [4.69, 9.17) is 15.2 Å². The van der Waals surface area contributed by atoms with Crippen molar-refractivity contribution in [2.45, 2.75) is 39.7 Å². The predicted octanol–water partition coefficient (Wildman–Crippen LogP) is 2.83. The Morgan fingerprint density at radius 2 is 1.89 bits per heavy atom. The number of ether oxygens (including phenoxy) is 2. The molecule has 0 aliphatic heterocycles. The molecule has 0 unspecified atom stereocenters. The van der Waals surface area contributed by atoms with Crippen LogP contribution in [0.2, 0.25) is 0 Å². The molecule has 0 heterocycles. The van der Waals surface area contributed by atoms with Crippen molar-refractivity contribution in [2.75, 3.05) is 19.8 Å². The Labute approximate surface area is 110 Å².